The van der Waals surface area contributed by atoms with E-state index in [2.05, 4.69) is 19.2 Å². The van der Waals surface area contributed by atoms with Crippen molar-refractivity contribution in [1.82, 2.24) is 5.32 Å². The highest BCUT2D eigenvalue weighted by molar-refractivity contribution is 5.73. The molecule has 0 fully saturated rings. The van der Waals surface area contributed by atoms with Crippen LogP contribution in [0.3, 0.4) is 0 Å². The Labute approximate surface area is 173 Å². The first-order chi connectivity index (χ1) is 13.6. The van der Waals surface area contributed by atoms with Gasteiger partial charge in [0, 0.05) is 0 Å². The van der Waals surface area contributed by atoms with E-state index in [1.807, 2.05) is 30.3 Å². The summed E-state index contributed by atoms with van der Waals surface area (Å²) >= 11 is 0. The van der Waals surface area contributed by atoms with Crippen molar-refractivity contribution in [3.8, 4) is 0 Å². The number of carbonyl (C=O) groups is 1. The van der Waals surface area contributed by atoms with E-state index in [4.69, 9.17) is 0 Å². The van der Waals surface area contributed by atoms with Gasteiger partial charge in [0.15, 0.2) is 0 Å². The summed E-state index contributed by atoms with van der Waals surface area (Å²) < 4.78 is 0. The Kier molecular flexibility index (Phi) is 14.6. The van der Waals surface area contributed by atoms with Crippen LogP contribution in [0.15, 0.2) is 30.3 Å². The van der Waals surface area contributed by atoms with Crippen molar-refractivity contribution in [1.29, 1.82) is 0 Å². The molecule has 0 amide bonds. The number of benzene rings is 1. The third-order valence-electron chi connectivity index (χ3n) is 5.43. The van der Waals surface area contributed by atoms with E-state index < -0.39 is 12.0 Å². The van der Waals surface area contributed by atoms with Crippen molar-refractivity contribution in [3.05, 3.63) is 35.9 Å². The second kappa shape index (κ2) is 16.6. The summed E-state index contributed by atoms with van der Waals surface area (Å²) in [4.78, 5) is 11.4. The lowest BCUT2D eigenvalue weighted by molar-refractivity contribution is -0.139. The number of unbranched alkanes of at least 4 members (excludes halogenated alkanes) is 10. The van der Waals surface area contributed by atoms with Crippen LogP contribution in [0.1, 0.15) is 96.5 Å². The summed E-state index contributed by atoms with van der Waals surface area (Å²) in [6.45, 7) is 5.41. The van der Waals surface area contributed by atoms with Crippen LogP contribution in [-0.4, -0.2) is 23.7 Å². The lowest BCUT2D eigenvalue weighted by atomic mass is 10.0. The summed E-state index contributed by atoms with van der Waals surface area (Å²) in [5.41, 5.74) is 1.07. The van der Waals surface area contributed by atoms with Crippen LogP contribution in [-0.2, 0) is 11.2 Å². The quantitative estimate of drug-likeness (QED) is 0.278. The molecule has 160 valence electrons. The van der Waals surface area contributed by atoms with Gasteiger partial charge in [-0.25, -0.2) is 0 Å². The zero-order chi connectivity index (χ0) is 20.5. The Morgan fingerprint density at radius 3 is 1.82 bits per heavy atom. The second-order valence-electron chi connectivity index (χ2n) is 8.61. The molecule has 1 aromatic carbocycles. The van der Waals surface area contributed by atoms with Crippen molar-refractivity contribution in [2.75, 3.05) is 6.54 Å². The minimum Gasteiger partial charge on any atom is -0.480 e. The molecule has 0 aliphatic carbocycles. The van der Waals surface area contributed by atoms with Crippen molar-refractivity contribution in [2.24, 2.45) is 5.92 Å². The molecule has 1 aromatic rings. The lowest BCUT2D eigenvalue weighted by Gasteiger charge is -2.14. The molecule has 0 bridgehead atoms. The predicted molar refractivity (Wildman–Crippen MR) is 120 cm³/mol. The molecule has 0 radical (unpaired) electrons. The van der Waals surface area contributed by atoms with Gasteiger partial charge in [-0.1, -0.05) is 115 Å². The maximum Gasteiger partial charge on any atom is 0.321 e. The molecule has 3 nitrogen and oxygen atoms in total. The van der Waals surface area contributed by atoms with E-state index >= 15 is 0 Å². The van der Waals surface area contributed by atoms with E-state index in [1.165, 1.54) is 70.6 Å². The highest BCUT2D eigenvalue weighted by Gasteiger charge is 2.16. The third-order valence-corrected chi connectivity index (χ3v) is 5.43. The highest BCUT2D eigenvalue weighted by Crippen LogP contribution is 2.13. The molecule has 0 aromatic heterocycles. The van der Waals surface area contributed by atoms with Crippen molar-refractivity contribution < 1.29 is 9.90 Å². The number of carboxylic acids is 1. The summed E-state index contributed by atoms with van der Waals surface area (Å²) in [5.74, 6) is 0.0992. The van der Waals surface area contributed by atoms with Gasteiger partial charge in [0.2, 0.25) is 0 Å². The van der Waals surface area contributed by atoms with Gasteiger partial charge in [0.05, 0.1) is 0 Å². The molecule has 0 aliphatic heterocycles. The van der Waals surface area contributed by atoms with Gasteiger partial charge >= 0.3 is 5.97 Å². The molecule has 2 N–H and O–H groups in total. The van der Waals surface area contributed by atoms with E-state index in [-0.39, 0.29) is 0 Å². The Bertz CT molecular complexity index is 487. The van der Waals surface area contributed by atoms with Crippen LogP contribution in [0.5, 0.6) is 0 Å². The molecule has 0 spiro atoms. The summed E-state index contributed by atoms with van der Waals surface area (Å²) in [6.07, 6.45) is 16.5. The number of hydrogen-bond donors (Lipinski definition) is 2. The molecule has 0 unspecified atom stereocenters. The fraction of sp³-hybridized carbons (Fsp3) is 0.720. The highest BCUT2D eigenvalue weighted by atomic mass is 16.4. The van der Waals surface area contributed by atoms with Gasteiger partial charge in [-0.15, -0.1) is 0 Å². The fourth-order valence-electron chi connectivity index (χ4n) is 3.64. The summed E-state index contributed by atoms with van der Waals surface area (Å²) in [6, 6.07) is 9.37. The van der Waals surface area contributed by atoms with Crippen LogP contribution < -0.4 is 5.32 Å². The molecular formula is C25H43NO2. The molecule has 0 saturated carbocycles. The van der Waals surface area contributed by atoms with Crippen molar-refractivity contribution in [3.63, 3.8) is 0 Å². The molecule has 0 heterocycles. The number of rotatable bonds is 18. The van der Waals surface area contributed by atoms with E-state index in [0.717, 1.165) is 24.4 Å². The Morgan fingerprint density at radius 2 is 1.32 bits per heavy atom. The number of hydrogen-bond acceptors (Lipinski definition) is 2. The van der Waals surface area contributed by atoms with E-state index in [1.54, 1.807) is 0 Å². The first kappa shape index (κ1) is 24.7. The normalized spacial score (nSPS) is 12.4. The van der Waals surface area contributed by atoms with Crippen molar-refractivity contribution in [2.45, 2.75) is 103 Å². The first-order valence-electron chi connectivity index (χ1n) is 11.6. The van der Waals surface area contributed by atoms with Gasteiger partial charge in [-0.2, -0.15) is 0 Å². The molecular weight excluding hydrogens is 346 g/mol. The van der Waals surface area contributed by atoms with E-state index in [0.29, 0.717) is 6.42 Å². The van der Waals surface area contributed by atoms with Gasteiger partial charge in [0.1, 0.15) is 6.04 Å². The Balaban J connectivity index is 1.91. The SMILES string of the molecule is CC(C)CCCCCCCCCCCCCN[C@@H](Cc1ccccc1)C(=O)O. The van der Waals surface area contributed by atoms with Gasteiger partial charge in [0.25, 0.3) is 0 Å². The van der Waals surface area contributed by atoms with Gasteiger partial charge in [-0.3, -0.25) is 4.79 Å². The van der Waals surface area contributed by atoms with Crippen LogP contribution >= 0.6 is 0 Å². The molecule has 0 aliphatic rings. The van der Waals surface area contributed by atoms with Crippen LogP contribution in [0, 0.1) is 5.92 Å². The third kappa shape index (κ3) is 13.8. The lowest BCUT2D eigenvalue weighted by Crippen LogP contribution is -2.39. The topological polar surface area (TPSA) is 49.3 Å². The van der Waals surface area contributed by atoms with Gasteiger partial charge < -0.3 is 10.4 Å². The second-order valence-corrected chi connectivity index (χ2v) is 8.61. The summed E-state index contributed by atoms with van der Waals surface area (Å²) in [7, 11) is 0. The minimum absolute atomic E-state index is 0.483. The smallest absolute Gasteiger partial charge is 0.321 e. The largest absolute Gasteiger partial charge is 0.480 e. The average molecular weight is 390 g/mol. The average Bonchev–Trinajstić information content (AvgIpc) is 2.67. The maximum absolute atomic E-state index is 11.4. The molecule has 1 atom stereocenters. The van der Waals surface area contributed by atoms with E-state index in [9.17, 15) is 9.90 Å². The standard InChI is InChI=1S/C25H43NO2/c1-22(2)17-13-10-8-6-4-3-5-7-9-11-16-20-26-24(25(27)28)21-23-18-14-12-15-19-23/h12,14-15,18-19,22,24,26H,3-11,13,16-17,20-21H2,1-2H3,(H,27,28)/t24-/m0/s1. The van der Waals surface area contributed by atoms with Crippen LogP contribution in [0.4, 0.5) is 0 Å². The molecule has 3 heteroatoms. The summed E-state index contributed by atoms with van der Waals surface area (Å²) in [5, 5.41) is 12.6. The molecule has 1 rings (SSSR count). The maximum atomic E-state index is 11.4. The number of carboxylic acid groups (broad SMARTS) is 1. The van der Waals surface area contributed by atoms with Gasteiger partial charge in [-0.05, 0) is 30.9 Å². The Morgan fingerprint density at radius 1 is 0.821 bits per heavy atom. The monoisotopic (exact) mass is 389 g/mol. The predicted octanol–water partition coefficient (Wildman–Crippen LogP) is 6.61. The zero-order valence-corrected chi connectivity index (χ0v) is 18.3. The molecule has 0 saturated heterocycles. The fourth-order valence-corrected chi connectivity index (χ4v) is 3.64. The first-order valence-corrected chi connectivity index (χ1v) is 11.6. The van der Waals surface area contributed by atoms with Crippen LogP contribution in [0.2, 0.25) is 0 Å². The minimum atomic E-state index is -0.756. The number of nitrogens with one attached hydrogen (secondary N) is 1. The van der Waals surface area contributed by atoms with Crippen molar-refractivity contribution >= 4 is 5.97 Å². The molecule has 28 heavy (non-hydrogen) atoms. The van der Waals surface area contributed by atoms with Crippen LogP contribution in [0.25, 0.3) is 0 Å². The Hall–Kier alpha value is -1.35. The zero-order valence-electron chi connectivity index (χ0n) is 18.3. The number of aliphatic carboxylic acids is 1.